The van der Waals surface area contributed by atoms with Crippen molar-refractivity contribution in [1.29, 1.82) is 0 Å². The number of likely N-dealkylation sites (N-methyl/N-ethyl adjacent to an activating group) is 1. The Balaban J connectivity index is 1.52. The summed E-state index contributed by atoms with van der Waals surface area (Å²) in [6.45, 7) is 4.96. The summed E-state index contributed by atoms with van der Waals surface area (Å²) < 4.78 is 39.9. The van der Waals surface area contributed by atoms with E-state index in [0.29, 0.717) is 22.5 Å². The molecule has 1 saturated heterocycles. The average molecular weight is 462 g/mol. The summed E-state index contributed by atoms with van der Waals surface area (Å²) in [7, 11) is 2.11. The fourth-order valence-electron chi connectivity index (χ4n) is 3.79. The molecule has 0 bridgehead atoms. The van der Waals surface area contributed by atoms with E-state index in [2.05, 4.69) is 28.7 Å². The van der Waals surface area contributed by atoms with Crippen LogP contribution < -0.4 is 0 Å². The molecule has 2 heterocycles. The van der Waals surface area contributed by atoms with Crippen LogP contribution in [0.4, 0.5) is 13.2 Å². The van der Waals surface area contributed by atoms with Crippen molar-refractivity contribution in [3.05, 3.63) is 64.3 Å². The molecule has 1 aliphatic heterocycles. The second kappa shape index (κ2) is 9.07. The van der Waals surface area contributed by atoms with E-state index in [-0.39, 0.29) is 12.4 Å². The highest BCUT2D eigenvalue weighted by molar-refractivity contribution is 6.36. The molecule has 168 valence electrons. The summed E-state index contributed by atoms with van der Waals surface area (Å²) in [5, 5.41) is 12.2. The summed E-state index contributed by atoms with van der Waals surface area (Å²) in [6, 6.07) is 8.48. The maximum atomic E-state index is 12.8. The highest BCUT2D eigenvalue weighted by atomic mass is 35.5. The topological polar surface area (TPSA) is 31.6 Å². The first kappa shape index (κ1) is 22.5. The smallest absolute Gasteiger partial charge is 0.416 e. The van der Waals surface area contributed by atoms with Gasteiger partial charge in [0.05, 0.1) is 29.1 Å². The minimum absolute atomic E-state index is 0.0261. The first-order valence-electron chi connectivity index (χ1n) is 10.3. The normalized spacial score (nSPS) is 15.7. The Bertz CT molecular complexity index is 1170. The van der Waals surface area contributed by atoms with Gasteiger partial charge in [-0.1, -0.05) is 35.6 Å². The van der Waals surface area contributed by atoms with Gasteiger partial charge < -0.3 is 14.6 Å². The Morgan fingerprint density at radius 2 is 1.75 bits per heavy atom. The van der Waals surface area contributed by atoms with E-state index in [0.717, 1.165) is 49.3 Å². The predicted molar refractivity (Wildman–Crippen MR) is 120 cm³/mol. The maximum Gasteiger partial charge on any atom is 0.416 e. The van der Waals surface area contributed by atoms with Crippen LogP contribution in [0.15, 0.2) is 42.6 Å². The molecule has 1 aromatic heterocycles. The van der Waals surface area contributed by atoms with Gasteiger partial charge in [-0.3, -0.25) is 4.90 Å². The number of aromatic hydroxyl groups is 1. The highest BCUT2D eigenvalue weighted by Gasteiger charge is 2.30. The summed E-state index contributed by atoms with van der Waals surface area (Å²) in [4.78, 5) is 4.60. The first-order valence-corrected chi connectivity index (χ1v) is 10.7. The van der Waals surface area contributed by atoms with Crippen LogP contribution >= 0.6 is 11.6 Å². The van der Waals surface area contributed by atoms with Crippen LogP contribution in [0.5, 0.6) is 5.88 Å². The third-order valence-corrected chi connectivity index (χ3v) is 5.97. The third kappa shape index (κ3) is 5.04. The number of nitrogens with zero attached hydrogens (tertiary/aromatic N) is 3. The van der Waals surface area contributed by atoms with Crippen LogP contribution in [0.2, 0.25) is 5.02 Å². The molecule has 0 amide bonds. The van der Waals surface area contributed by atoms with E-state index >= 15 is 0 Å². The fraction of sp³-hybridized carbons (Fsp3) is 0.333. The average Bonchev–Trinajstić information content (AvgIpc) is 3.05. The van der Waals surface area contributed by atoms with Crippen molar-refractivity contribution in [2.75, 3.05) is 39.8 Å². The van der Waals surface area contributed by atoms with Crippen molar-refractivity contribution in [2.45, 2.75) is 12.7 Å². The lowest BCUT2D eigenvalue weighted by Crippen LogP contribution is -2.44. The molecule has 4 rings (SSSR count). The monoisotopic (exact) mass is 461 g/mol. The van der Waals surface area contributed by atoms with Crippen molar-refractivity contribution in [3.63, 3.8) is 0 Å². The number of fused-ring (bicyclic) bond motifs is 1. The van der Waals surface area contributed by atoms with Gasteiger partial charge in [-0.15, -0.1) is 0 Å². The van der Waals surface area contributed by atoms with Gasteiger partial charge in [0.2, 0.25) is 5.88 Å². The molecule has 0 aliphatic carbocycles. The molecule has 4 nitrogen and oxygen atoms in total. The van der Waals surface area contributed by atoms with Crippen molar-refractivity contribution >= 4 is 22.4 Å². The van der Waals surface area contributed by atoms with Crippen LogP contribution in [0.1, 0.15) is 16.7 Å². The molecular formula is C24H23ClF3N3O. The SMILES string of the molecule is CN1CCN(CC#Cc2cc(Cl)c3c(O)n(Cc4ccc(C(F)(F)F)cc4)cc3c2)CC1. The zero-order valence-corrected chi connectivity index (χ0v) is 18.3. The van der Waals surface area contributed by atoms with Crippen LogP contribution in [0.3, 0.4) is 0 Å². The maximum absolute atomic E-state index is 12.8. The number of halogens is 4. The molecule has 3 aromatic rings. The lowest BCUT2D eigenvalue weighted by atomic mass is 10.1. The van der Waals surface area contributed by atoms with Crippen LogP contribution in [0.25, 0.3) is 10.8 Å². The molecule has 8 heteroatoms. The van der Waals surface area contributed by atoms with Crippen molar-refractivity contribution in [2.24, 2.45) is 0 Å². The molecule has 32 heavy (non-hydrogen) atoms. The second-order valence-corrected chi connectivity index (χ2v) is 8.49. The van der Waals surface area contributed by atoms with Crippen LogP contribution in [-0.2, 0) is 12.7 Å². The fourth-order valence-corrected chi connectivity index (χ4v) is 4.10. The first-order chi connectivity index (χ1) is 15.2. The van der Waals surface area contributed by atoms with Gasteiger partial charge in [0.15, 0.2) is 0 Å². The van der Waals surface area contributed by atoms with Gasteiger partial charge in [0.25, 0.3) is 0 Å². The molecule has 1 N–H and O–H groups in total. The van der Waals surface area contributed by atoms with Gasteiger partial charge in [-0.05, 0) is 36.9 Å². The van der Waals surface area contributed by atoms with E-state index in [1.807, 2.05) is 6.07 Å². The quantitative estimate of drug-likeness (QED) is 0.575. The van der Waals surface area contributed by atoms with Gasteiger partial charge in [0, 0.05) is 43.3 Å². The predicted octanol–water partition coefficient (Wildman–Crippen LogP) is 4.67. The number of benzene rings is 2. The zero-order valence-electron chi connectivity index (χ0n) is 17.6. The molecule has 0 atom stereocenters. The van der Waals surface area contributed by atoms with Crippen molar-refractivity contribution in [1.82, 2.24) is 14.4 Å². The summed E-state index contributed by atoms with van der Waals surface area (Å²) in [5.74, 6) is 6.32. The Kier molecular flexibility index (Phi) is 6.38. The summed E-state index contributed by atoms with van der Waals surface area (Å²) in [6.07, 6.45) is -2.64. The molecule has 0 saturated carbocycles. The summed E-state index contributed by atoms with van der Waals surface area (Å²) >= 11 is 6.42. The Hall–Kier alpha value is -2.66. The Labute approximate surface area is 189 Å². The van der Waals surface area contributed by atoms with E-state index in [1.165, 1.54) is 12.1 Å². The largest absolute Gasteiger partial charge is 0.494 e. The van der Waals surface area contributed by atoms with Crippen molar-refractivity contribution < 1.29 is 18.3 Å². The molecule has 0 radical (unpaired) electrons. The Morgan fingerprint density at radius 1 is 1.06 bits per heavy atom. The molecular weight excluding hydrogens is 439 g/mol. The zero-order chi connectivity index (χ0) is 22.9. The van der Waals surface area contributed by atoms with Gasteiger partial charge in [0.1, 0.15) is 0 Å². The minimum Gasteiger partial charge on any atom is -0.494 e. The third-order valence-electron chi connectivity index (χ3n) is 5.68. The number of hydrogen-bond donors (Lipinski definition) is 1. The van der Waals surface area contributed by atoms with E-state index in [1.54, 1.807) is 16.8 Å². The van der Waals surface area contributed by atoms with E-state index < -0.39 is 11.7 Å². The molecule has 2 aromatic carbocycles. The molecule has 1 fully saturated rings. The standard InChI is InChI=1S/C24H23ClF3N3O/c1-29-9-11-30(12-10-29)8-2-3-18-13-19-16-31(23(32)22(19)21(25)14-18)15-17-4-6-20(7-5-17)24(26,27)28/h4-7,13-14,16,32H,8-12,15H2,1H3. The summed E-state index contributed by atoms with van der Waals surface area (Å²) in [5.41, 5.74) is 0.686. The van der Waals surface area contributed by atoms with Gasteiger partial charge in [-0.25, -0.2) is 0 Å². The number of rotatable bonds is 3. The van der Waals surface area contributed by atoms with Gasteiger partial charge in [-0.2, -0.15) is 13.2 Å². The van der Waals surface area contributed by atoms with E-state index in [9.17, 15) is 18.3 Å². The Morgan fingerprint density at radius 3 is 2.41 bits per heavy atom. The second-order valence-electron chi connectivity index (χ2n) is 8.08. The number of piperazine rings is 1. The minimum atomic E-state index is -4.38. The van der Waals surface area contributed by atoms with Crippen LogP contribution in [0, 0.1) is 11.8 Å². The lowest BCUT2D eigenvalue weighted by Gasteiger charge is -2.30. The van der Waals surface area contributed by atoms with E-state index in [4.69, 9.17) is 11.6 Å². The number of alkyl halides is 3. The molecule has 1 aliphatic rings. The number of aromatic nitrogens is 1. The van der Waals surface area contributed by atoms with Crippen LogP contribution in [-0.4, -0.2) is 59.2 Å². The van der Waals surface area contributed by atoms with Gasteiger partial charge >= 0.3 is 6.18 Å². The molecule has 0 unspecified atom stereocenters. The van der Waals surface area contributed by atoms with Crippen molar-refractivity contribution in [3.8, 4) is 17.7 Å². The molecule has 0 spiro atoms. The number of hydrogen-bond acceptors (Lipinski definition) is 3. The lowest BCUT2D eigenvalue weighted by molar-refractivity contribution is -0.137. The highest BCUT2D eigenvalue weighted by Crippen LogP contribution is 2.35.